The summed E-state index contributed by atoms with van der Waals surface area (Å²) in [5.74, 6) is 0.736. The number of hydrogen-bond donors (Lipinski definition) is 0. The first kappa shape index (κ1) is 19.7. The number of piperidine rings is 1. The molecular weight excluding hydrogens is 351 g/mol. The quantitative estimate of drug-likeness (QED) is 0.716. The maximum atomic E-state index is 5.91. The summed E-state index contributed by atoms with van der Waals surface area (Å²) in [5, 5.41) is 5.65. The number of fused-ring (bicyclic) bond motifs is 1. The number of benzene rings is 1. The van der Waals surface area contributed by atoms with Crippen molar-refractivity contribution >= 4 is 24.6 Å². The zero-order valence-corrected chi connectivity index (χ0v) is 17.2. The van der Waals surface area contributed by atoms with E-state index in [4.69, 9.17) is 17.2 Å². The van der Waals surface area contributed by atoms with Crippen molar-refractivity contribution in [2.45, 2.75) is 32.2 Å². The standard InChI is InChI=1S/C21H31BN4O2/c1-24(2)15-18-20(25-11-13-27-14-12-25)6-4-17-19(23-28-21(17)18)5-3-16-7-9-26(22)10-8-16/h4,6,16H,3,5,7-15H2,1-2H3. The van der Waals surface area contributed by atoms with Crippen molar-refractivity contribution in [1.29, 1.82) is 0 Å². The molecule has 7 heteroatoms. The van der Waals surface area contributed by atoms with Crippen molar-refractivity contribution in [3.8, 4) is 0 Å². The Morgan fingerprint density at radius 2 is 1.89 bits per heavy atom. The van der Waals surface area contributed by atoms with Gasteiger partial charge in [0.2, 0.25) is 0 Å². The first-order chi connectivity index (χ1) is 13.6. The van der Waals surface area contributed by atoms with Gasteiger partial charge in [-0.05, 0) is 70.9 Å². The number of hydrogen-bond acceptors (Lipinski definition) is 6. The van der Waals surface area contributed by atoms with Gasteiger partial charge in [0.25, 0.3) is 0 Å². The van der Waals surface area contributed by atoms with Gasteiger partial charge in [0.15, 0.2) is 13.6 Å². The molecule has 4 rings (SSSR count). The molecule has 1 aromatic heterocycles. The maximum Gasteiger partial charge on any atom is 0.182 e. The van der Waals surface area contributed by atoms with Crippen LogP contribution in [0.4, 0.5) is 5.69 Å². The molecule has 2 radical (unpaired) electrons. The molecule has 0 aliphatic carbocycles. The highest BCUT2D eigenvalue weighted by atomic mass is 16.5. The molecule has 2 fully saturated rings. The molecule has 0 atom stereocenters. The lowest BCUT2D eigenvalue weighted by Crippen LogP contribution is -2.37. The molecule has 28 heavy (non-hydrogen) atoms. The van der Waals surface area contributed by atoms with E-state index in [9.17, 15) is 0 Å². The molecule has 2 saturated heterocycles. The van der Waals surface area contributed by atoms with Gasteiger partial charge in [-0.1, -0.05) is 5.16 Å². The van der Waals surface area contributed by atoms with Crippen LogP contribution in [0.25, 0.3) is 11.0 Å². The highest BCUT2D eigenvalue weighted by Gasteiger charge is 2.22. The van der Waals surface area contributed by atoms with Gasteiger partial charge < -0.3 is 23.9 Å². The Hall–Kier alpha value is -1.57. The van der Waals surface area contributed by atoms with Gasteiger partial charge in [-0.3, -0.25) is 0 Å². The van der Waals surface area contributed by atoms with Crippen LogP contribution in [-0.4, -0.2) is 76.3 Å². The van der Waals surface area contributed by atoms with Gasteiger partial charge in [0.05, 0.1) is 18.9 Å². The highest BCUT2D eigenvalue weighted by molar-refractivity contribution is 6.04. The minimum absolute atomic E-state index is 0.736. The maximum absolute atomic E-state index is 5.91. The highest BCUT2D eigenvalue weighted by Crippen LogP contribution is 2.33. The van der Waals surface area contributed by atoms with E-state index >= 15 is 0 Å². The normalized spacial score (nSPS) is 19.8. The predicted octanol–water partition coefficient (Wildman–Crippen LogP) is 2.45. The molecule has 0 saturated carbocycles. The SMILES string of the molecule is [B]N1CCC(CCc2noc3c(CN(C)C)c(N4CCOCC4)ccc23)CC1. The molecule has 3 heterocycles. The first-order valence-corrected chi connectivity index (χ1v) is 10.5. The number of anilines is 1. The van der Waals surface area contributed by atoms with Crippen LogP contribution in [0.5, 0.6) is 0 Å². The van der Waals surface area contributed by atoms with Crippen LogP contribution in [0.1, 0.15) is 30.5 Å². The Morgan fingerprint density at radius 1 is 1.14 bits per heavy atom. The smallest absolute Gasteiger partial charge is 0.182 e. The van der Waals surface area contributed by atoms with Crippen LogP contribution in [0.2, 0.25) is 0 Å². The van der Waals surface area contributed by atoms with Gasteiger partial charge in [-0.2, -0.15) is 0 Å². The third kappa shape index (κ3) is 4.37. The molecule has 0 amide bonds. The van der Waals surface area contributed by atoms with Gasteiger partial charge in [0, 0.05) is 36.3 Å². The molecule has 6 nitrogen and oxygen atoms in total. The van der Waals surface area contributed by atoms with Crippen molar-refractivity contribution in [3.05, 3.63) is 23.4 Å². The fourth-order valence-electron chi connectivity index (χ4n) is 4.43. The molecule has 150 valence electrons. The number of ether oxygens (including phenoxy) is 1. The second-order valence-corrected chi connectivity index (χ2v) is 8.42. The first-order valence-electron chi connectivity index (χ1n) is 10.5. The number of morpholine rings is 1. The van der Waals surface area contributed by atoms with Gasteiger partial charge in [-0.25, -0.2) is 0 Å². The van der Waals surface area contributed by atoms with Crippen molar-refractivity contribution < 1.29 is 9.26 Å². The summed E-state index contributed by atoms with van der Waals surface area (Å²) in [7, 11) is 10.1. The number of rotatable bonds is 6. The largest absolute Gasteiger partial charge is 0.378 e. The minimum atomic E-state index is 0.736. The van der Waals surface area contributed by atoms with Crippen LogP contribution in [0, 0.1) is 5.92 Å². The topological polar surface area (TPSA) is 45.0 Å². The Bertz CT molecular complexity index is 780. The second-order valence-electron chi connectivity index (χ2n) is 8.42. The van der Waals surface area contributed by atoms with E-state index < -0.39 is 0 Å². The van der Waals surface area contributed by atoms with Gasteiger partial charge in [0.1, 0.15) is 0 Å². The molecule has 0 spiro atoms. The van der Waals surface area contributed by atoms with Crippen LogP contribution in [0.3, 0.4) is 0 Å². The van der Waals surface area contributed by atoms with Crippen LogP contribution in [-0.2, 0) is 17.7 Å². The van der Waals surface area contributed by atoms with Crippen LogP contribution >= 0.6 is 0 Å². The fraction of sp³-hybridized carbons (Fsp3) is 0.667. The third-order valence-electron chi connectivity index (χ3n) is 6.06. The molecule has 2 aliphatic rings. The predicted molar refractivity (Wildman–Crippen MR) is 113 cm³/mol. The van der Waals surface area contributed by atoms with E-state index in [-0.39, 0.29) is 0 Å². The van der Waals surface area contributed by atoms with E-state index in [1.807, 2.05) is 4.81 Å². The summed E-state index contributed by atoms with van der Waals surface area (Å²) in [4.78, 5) is 6.54. The lowest BCUT2D eigenvalue weighted by atomic mass is 9.90. The van der Waals surface area contributed by atoms with E-state index in [0.717, 1.165) is 76.0 Å². The monoisotopic (exact) mass is 382 g/mol. The molecule has 2 aliphatic heterocycles. The lowest BCUT2D eigenvalue weighted by Gasteiger charge is -2.31. The molecular formula is C21H31BN4O2. The molecule has 0 N–H and O–H groups in total. The van der Waals surface area contributed by atoms with Crippen molar-refractivity contribution in [3.63, 3.8) is 0 Å². The summed E-state index contributed by atoms with van der Waals surface area (Å²) >= 11 is 0. The zero-order chi connectivity index (χ0) is 19.5. The minimum Gasteiger partial charge on any atom is -0.378 e. The van der Waals surface area contributed by atoms with Crippen LogP contribution in [0.15, 0.2) is 16.7 Å². The van der Waals surface area contributed by atoms with Gasteiger partial charge >= 0.3 is 0 Å². The van der Waals surface area contributed by atoms with E-state index in [1.165, 1.54) is 29.5 Å². The van der Waals surface area contributed by atoms with Crippen molar-refractivity contribution in [1.82, 2.24) is 14.9 Å². The van der Waals surface area contributed by atoms with Crippen molar-refractivity contribution in [2.75, 3.05) is 58.4 Å². The average molecular weight is 382 g/mol. The Labute approximate surface area is 169 Å². The van der Waals surface area contributed by atoms with E-state index in [0.29, 0.717) is 0 Å². The summed E-state index contributed by atoms with van der Waals surface area (Å²) in [6.45, 7) is 6.25. The van der Waals surface area contributed by atoms with E-state index in [2.05, 4.69) is 41.2 Å². The third-order valence-corrected chi connectivity index (χ3v) is 6.06. The summed E-state index contributed by atoms with van der Waals surface area (Å²) in [6.07, 6.45) is 4.49. The Morgan fingerprint density at radius 3 is 2.61 bits per heavy atom. The fourth-order valence-corrected chi connectivity index (χ4v) is 4.43. The molecule has 0 bridgehead atoms. The lowest BCUT2D eigenvalue weighted by molar-refractivity contribution is 0.122. The molecule has 0 unspecified atom stereocenters. The number of nitrogens with zero attached hydrogens (tertiary/aromatic N) is 4. The number of aryl methyl sites for hydroxylation is 1. The summed E-state index contributed by atoms with van der Waals surface area (Å²) in [5.41, 5.74) is 4.53. The van der Waals surface area contributed by atoms with E-state index in [1.54, 1.807) is 0 Å². The Balaban J connectivity index is 1.56. The Kier molecular flexibility index (Phi) is 6.24. The molecule has 2 aromatic rings. The molecule has 1 aromatic carbocycles. The van der Waals surface area contributed by atoms with Crippen LogP contribution < -0.4 is 4.90 Å². The summed E-state index contributed by atoms with van der Waals surface area (Å²) in [6, 6.07) is 4.45. The van der Waals surface area contributed by atoms with Gasteiger partial charge in [-0.15, -0.1) is 0 Å². The van der Waals surface area contributed by atoms with Crippen molar-refractivity contribution in [2.24, 2.45) is 5.92 Å². The summed E-state index contributed by atoms with van der Waals surface area (Å²) < 4.78 is 11.4. The number of aromatic nitrogens is 1. The average Bonchev–Trinajstić information content (AvgIpc) is 3.12. The zero-order valence-electron chi connectivity index (χ0n) is 17.2. The second kappa shape index (κ2) is 8.85.